The minimum atomic E-state index is -0.177. The highest BCUT2D eigenvalue weighted by Crippen LogP contribution is 2.36. The molecule has 0 radical (unpaired) electrons. The van der Waals surface area contributed by atoms with Crippen LogP contribution in [0.1, 0.15) is 35.7 Å². The van der Waals surface area contributed by atoms with Gasteiger partial charge in [0.25, 0.3) is 5.91 Å². The van der Waals surface area contributed by atoms with E-state index in [-0.39, 0.29) is 17.1 Å². The van der Waals surface area contributed by atoms with Crippen LogP contribution in [0.25, 0.3) is 0 Å². The number of rotatable bonds is 3. The molecular formula is C21H23N3O2S. The van der Waals surface area contributed by atoms with Crippen molar-refractivity contribution in [3.05, 3.63) is 47.5 Å². The summed E-state index contributed by atoms with van der Waals surface area (Å²) in [6.07, 6.45) is 2.48. The summed E-state index contributed by atoms with van der Waals surface area (Å²) in [5, 5.41) is 5.72. The summed E-state index contributed by atoms with van der Waals surface area (Å²) >= 11 is 1.51. The highest BCUT2D eigenvalue weighted by Gasteiger charge is 2.24. The number of benzene rings is 2. The molecule has 2 heterocycles. The second-order valence-electron chi connectivity index (χ2n) is 7.11. The highest BCUT2D eigenvalue weighted by molar-refractivity contribution is 8.00. The molecule has 4 rings (SSSR count). The monoisotopic (exact) mass is 381 g/mol. The molecule has 1 saturated heterocycles. The predicted octanol–water partition coefficient (Wildman–Crippen LogP) is 4.28. The Labute approximate surface area is 163 Å². The summed E-state index contributed by atoms with van der Waals surface area (Å²) in [5.74, 6) is -0.206. The van der Waals surface area contributed by atoms with Crippen LogP contribution in [-0.2, 0) is 4.79 Å². The second-order valence-corrected chi connectivity index (χ2v) is 8.49. The van der Waals surface area contributed by atoms with E-state index >= 15 is 0 Å². The number of amides is 2. The van der Waals surface area contributed by atoms with Gasteiger partial charge in [-0.1, -0.05) is 0 Å². The average Bonchev–Trinajstić information content (AvgIpc) is 3.17. The molecule has 0 bridgehead atoms. The van der Waals surface area contributed by atoms with Gasteiger partial charge in [0.1, 0.15) is 0 Å². The molecule has 27 heavy (non-hydrogen) atoms. The standard InChI is InChI=1S/C21H23N3O2S/c1-13-11-16(6-7-18(13)24-9-3-4-10-24)22-21(26)15-5-8-19-17(12-15)23-20(25)14(2)27-19/h5-8,11-12,14H,3-4,9-10H2,1-2H3,(H,22,26)(H,23,25). The van der Waals surface area contributed by atoms with Gasteiger partial charge in [-0.15, -0.1) is 11.8 Å². The molecule has 1 atom stereocenters. The third-order valence-electron chi connectivity index (χ3n) is 5.07. The van der Waals surface area contributed by atoms with E-state index in [0.717, 1.165) is 29.2 Å². The summed E-state index contributed by atoms with van der Waals surface area (Å²) < 4.78 is 0. The lowest BCUT2D eigenvalue weighted by Gasteiger charge is -2.22. The molecule has 1 unspecified atom stereocenters. The van der Waals surface area contributed by atoms with Crippen molar-refractivity contribution >= 4 is 40.6 Å². The highest BCUT2D eigenvalue weighted by atomic mass is 32.2. The largest absolute Gasteiger partial charge is 0.371 e. The fourth-order valence-electron chi connectivity index (χ4n) is 3.60. The van der Waals surface area contributed by atoms with Crippen molar-refractivity contribution in [3.8, 4) is 0 Å². The third-order valence-corrected chi connectivity index (χ3v) is 6.25. The van der Waals surface area contributed by atoms with Gasteiger partial charge in [-0.3, -0.25) is 9.59 Å². The zero-order chi connectivity index (χ0) is 19.0. The maximum atomic E-state index is 12.7. The Morgan fingerprint density at radius 3 is 2.70 bits per heavy atom. The van der Waals surface area contributed by atoms with Gasteiger partial charge in [0.15, 0.2) is 0 Å². The SMILES string of the molecule is Cc1cc(NC(=O)c2ccc3c(c2)NC(=O)C(C)S3)ccc1N1CCCC1. The molecule has 2 aliphatic rings. The Morgan fingerprint density at radius 1 is 1.19 bits per heavy atom. The quantitative estimate of drug-likeness (QED) is 0.833. The van der Waals surface area contributed by atoms with E-state index in [2.05, 4.69) is 28.5 Å². The maximum absolute atomic E-state index is 12.7. The third kappa shape index (κ3) is 3.67. The maximum Gasteiger partial charge on any atom is 0.255 e. The zero-order valence-corrected chi connectivity index (χ0v) is 16.4. The van der Waals surface area contributed by atoms with Crippen LogP contribution in [0.3, 0.4) is 0 Å². The minimum absolute atomic E-state index is 0.0295. The zero-order valence-electron chi connectivity index (χ0n) is 15.5. The Balaban J connectivity index is 1.50. The minimum Gasteiger partial charge on any atom is -0.371 e. The number of nitrogens with zero attached hydrogens (tertiary/aromatic N) is 1. The molecule has 0 aromatic heterocycles. The Morgan fingerprint density at radius 2 is 1.96 bits per heavy atom. The fourth-order valence-corrected chi connectivity index (χ4v) is 4.53. The second kappa shape index (κ2) is 7.27. The molecule has 140 valence electrons. The lowest BCUT2D eigenvalue weighted by molar-refractivity contribution is -0.115. The molecule has 2 aliphatic heterocycles. The average molecular weight is 382 g/mol. The van der Waals surface area contributed by atoms with Gasteiger partial charge in [0, 0.05) is 34.9 Å². The molecule has 1 fully saturated rings. The van der Waals surface area contributed by atoms with Crippen LogP contribution in [0.4, 0.5) is 17.1 Å². The van der Waals surface area contributed by atoms with Crippen molar-refractivity contribution in [1.82, 2.24) is 0 Å². The normalized spacial score (nSPS) is 18.8. The first-order valence-electron chi connectivity index (χ1n) is 9.30. The van der Waals surface area contributed by atoms with Gasteiger partial charge in [-0.25, -0.2) is 0 Å². The summed E-state index contributed by atoms with van der Waals surface area (Å²) in [5.41, 5.74) is 4.43. The molecular weight excluding hydrogens is 358 g/mol. The Kier molecular flexibility index (Phi) is 4.83. The van der Waals surface area contributed by atoms with Crippen LogP contribution in [0, 0.1) is 6.92 Å². The summed E-state index contributed by atoms with van der Waals surface area (Å²) in [6, 6.07) is 11.5. The van der Waals surface area contributed by atoms with E-state index in [9.17, 15) is 9.59 Å². The molecule has 2 aromatic carbocycles. The van der Waals surface area contributed by atoms with Crippen molar-refractivity contribution in [2.24, 2.45) is 0 Å². The van der Waals surface area contributed by atoms with Crippen molar-refractivity contribution in [3.63, 3.8) is 0 Å². The number of nitrogens with one attached hydrogen (secondary N) is 2. The molecule has 2 N–H and O–H groups in total. The van der Waals surface area contributed by atoms with Gasteiger partial charge in [-0.05, 0) is 68.7 Å². The Hall–Kier alpha value is -2.47. The molecule has 6 heteroatoms. The van der Waals surface area contributed by atoms with Crippen LogP contribution in [-0.4, -0.2) is 30.2 Å². The van der Waals surface area contributed by atoms with Gasteiger partial charge in [0.2, 0.25) is 5.91 Å². The first kappa shape index (κ1) is 17.9. The van der Waals surface area contributed by atoms with Crippen molar-refractivity contribution in [2.75, 3.05) is 28.6 Å². The number of thioether (sulfide) groups is 1. The van der Waals surface area contributed by atoms with Crippen molar-refractivity contribution < 1.29 is 9.59 Å². The van der Waals surface area contributed by atoms with E-state index in [1.165, 1.54) is 30.3 Å². The van der Waals surface area contributed by atoms with E-state index < -0.39 is 0 Å². The van der Waals surface area contributed by atoms with Crippen LogP contribution in [0.5, 0.6) is 0 Å². The van der Waals surface area contributed by atoms with Gasteiger partial charge in [-0.2, -0.15) is 0 Å². The van der Waals surface area contributed by atoms with Gasteiger partial charge < -0.3 is 15.5 Å². The van der Waals surface area contributed by atoms with Crippen LogP contribution in [0.2, 0.25) is 0 Å². The lowest BCUT2D eigenvalue weighted by Crippen LogP contribution is -2.26. The van der Waals surface area contributed by atoms with Gasteiger partial charge in [0.05, 0.1) is 10.9 Å². The van der Waals surface area contributed by atoms with Crippen LogP contribution in [0.15, 0.2) is 41.3 Å². The number of carbonyl (C=O) groups is 2. The number of anilines is 3. The first-order chi connectivity index (χ1) is 13.0. The summed E-state index contributed by atoms with van der Waals surface area (Å²) in [6.45, 7) is 6.15. The topological polar surface area (TPSA) is 61.4 Å². The summed E-state index contributed by atoms with van der Waals surface area (Å²) in [7, 11) is 0. The number of hydrogen-bond acceptors (Lipinski definition) is 4. The van der Waals surface area contributed by atoms with E-state index in [4.69, 9.17) is 0 Å². The number of aryl methyl sites for hydroxylation is 1. The molecule has 5 nitrogen and oxygen atoms in total. The fraction of sp³-hybridized carbons (Fsp3) is 0.333. The molecule has 2 aromatic rings. The number of fused-ring (bicyclic) bond motifs is 1. The number of carbonyl (C=O) groups excluding carboxylic acids is 2. The van der Waals surface area contributed by atoms with E-state index in [1.807, 2.05) is 25.1 Å². The van der Waals surface area contributed by atoms with Crippen LogP contribution >= 0.6 is 11.8 Å². The molecule has 2 amide bonds. The lowest BCUT2D eigenvalue weighted by atomic mass is 10.1. The smallest absolute Gasteiger partial charge is 0.255 e. The van der Waals surface area contributed by atoms with Crippen molar-refractivity contribution in [2.45, 2.75) is 36.8 Å². The first-order valence-corrected chi connectivity index (χ1v) is 10.2. The van der Waals surface area contributed by atoms with E-state index in [1.54, 1.807) is 12.1 Å². The summed E-state index contributed by atoms with van der Waals surface area (Å²) in [4.78, 5) is 27.9. The van der Waals surface area contributed by atoms with Crippen molar-refractivity contribution in [1.29, 1.82) is 0 Å². The predicted molar refractivity (Wildman–Crippen MR) is 111 cm³/mol. The molecule has 0 saturated carbocycles. The van der Waals surface area contributed by atoms with Crippen LogP contribution < -0.4 is 15.5 Å². The number of hydrogen-bond donors (Lipinski definition) is 2. The van der Waals surface area contributed by atoms with Gasteiger partial charge >= 0.3 is 0 Å². The molecule has 0 spiro atoms. The molecule has 0 aliphatic carbocycles. The Bertz CT molecular complexity index is 906. The van der Waals surface area contributed by atoms with E-state index in [0.29, 0.717) is 11.3 Å².